The maximum Gasteiger partial charge on any atom is 0.323 e. The molecule has 0 aliphatic carbocycles. The molecule has 0 aromatic carbocycles. The van der Waals surface area contributed by atoms with E-state index in [1.165, 1.54) is 20.1 Å². The number of likely N-dealkylation sites (tertiary alicyclic amines) is 1. The van der Waals surface area contributed by atoms with Gasteiger partial charge in [-0.15, -0.1) is 0 Å². The highest BCUT2D eigenvalue weighted by atomic mass is 16.5. The van der Waals surface area contributed by atoms with Crippen molar-refractivity contribution in [1.29, 1.82) is 0 Å². The number of carbonyl (C=O) groups excluding carboxylic acids is 1. The third-order valence-corrected chi connectivity index (χ3v) is 4.21. The van der Waals surface area contributed by atoms with Gasteiger partial charge < -0.3 is 15.0 Å². The van der Waals surface area contributed by atoms with E-state index in [0.717, 1.165) is 32.4 Å². The molecule has 1 aliphatic heterocycles. The first-order chi connectivity index (χ1) is 9.12. The van der Waals surface area contributed by atoms with E-state index in [9.17, 15) is 4.79 Å². The second-order valence-corrected chi connectivity index (χ2v) is 5.67. The first-order valence-electron chi connectivity index (χ1n) is 7.68. The molecule has 0 aromatic rings. The Morgan fingerprint density at radius 3 is 2.47 bits per heavy atom. The summed E-state index contributed by atoms with van der Waals surface area (Å²) in [5.41, 5.74) is 0. The molecular weight excluding hydrogens is 240 g/mol. The summed E-state index contributed by atoms with van der Waals surface area (Å²) in [5, 5.41) is 3.52. The second kappa shape index (κ2) is 8.54. The Labute approximate surface area is 117 Å². The Bertz CT molecular complexity index is 263. The fourth-order valence-electron chi connectivity index (χ4n) is 2.72. The summed E-state index contributed by atoms with van der Waals surface area (Å²) in [4.78, 5) is 14.4. The van der Waals surface area contributed by atoms with Crippen LogP contribution < -0.4 is 5.32 Å². The molecule has 0 saturated carbocycles. The first kappa shape index (κ1) is 16.4. The lowest BCUT2D eigenvalue weighted by molar-refractivity contribution is -0.145. The highest BCUT2D eigenvalue weighted by Crippen LogP contribution is 2.15. The SMILES string of the molecule is CCCN1CCC(NC(C(=O)OC)C(C)CC)CC1. The van der Waals surface area contributed by atoms with Crippen LogP contribution in [0.25, 0.3) is 0 Å². The zero-order chi connectivity index (χ0) is 14.3. The summed E-state index contributed by atoms with van der Waals surface area (Å²) >= 11 is 0. The van der Waals surface area contributed by atoms with E-state index in [2.05, 4.69) is 31.0 Å². The number of esters is 1. The molecule has 2 unspecified atom stereocenters. The van der Waals surface area contributed by atoms with Gasteiger partial charge in [-0.1, -0.05) is 27.2 Å². The molecule has 112 valence electrons. The number of nitrogens with zero attached hydrogens (tertiary/aromatic N) is 1. The minimum absolute atomic E-state index is 0.120. The predicted octanol–water partition coefficient (Wildman–Crippen LogP) is 2.04. The van der Waals surface area contributed by atoms with Gasteiger partial charge in [-0.25, -0.2) is 0 Å². The van der Waals surface area contributed by atoms with Gasteiger partial charge in [0.1, 0.15) is 6.04 Å². The number of piperidine rings is 1. The first-order valence-corrected chi connectivity index (χ1v) is 7.68. The molecule has 1 fully saturated rings. The number of carbonyl (C=O) groups is 1. The summed E-state index contributed by atoms with van der Waals surface area (Å²) in [7, 11) is 1.48. The van der Waals surface area contributed by atoms with Gasteiger partial charge >= 0.3 is 5.97 Å². The number of nitrogens with one attached hydrogen (secondary N) is 1. The van der Waals surface area contributed by atoms with E-state index in [4.69, 9.17) is 4.74 Å². The summed E-state index contributed by atoms with van der Waals surface area (Å²) in [6, 6.07) is 0.295. The zero-order valence-electron chi connectivity index (χ0n) is 12.9. The van der Waals surface area contributed by atoms with Gasteiger partial charge in [0.05, 0.1) is 7.11 Å². The van der Waals surface area contributed by atoms with Gasteiger partial charge in [-0.2, -0.15) is 0 Å². The van der Waals surface area contributed by atoms with Gasteiger partial charge in [-0.3, -0.25) is 4.79 Å². The summed E-state index contributed by atoms with van der Waals surface area (Å²) < 4.78 is 4.92. The van der Waals surface area contributed by atoms with Crippen LogP contribution >= 0.6 is 0 Å². The highest BCUT2D eigenvalue weighted by molar-refractivity contribution is 5.76. The average Bonchev–Trinajstić information content (AvgIpc) is 2.45. The Morgan fingerprint density at radius 1 is 1.37 bits per heavy atom. The van der Waals surface area contributed by atoms with Crippen molar-refractivity contribution in [2.24, 2.45) is 5.92 Å². The van der Waals surface area contributed by atoms with Crippen LogP contribution in [0.3, 0.4) is 0 Å². The third kappa shape index (κ3) is 5.11. The van der Waals surface area contributed by atoms with Crippen LogP contribution in [0, 0.1) is 5.92 Å². The van der Waals surface area contributed by atoms with Crippen molar-refractivity contribution in [3.63, 3.8) is 0 Å². The van der Waals surface area contributed by atoms with Crippen molar-refractivity contribution < 1.29 is 9.53 Å². The molecule has 1 N–H and O–H groups in total. The number of rotatable bonds is 7. The van der Waals surface area contributed by atoms with Crippen molar-refractivity contribution in [3.05, 3.63) is 0 Å². The summed E-state index contributed by atoms with van der Waals surface area (Å²) in [6.07, 6.45) is 4.46. The minimum Gasteiger partial charge on any atom is -0.468 e. The summed E-state index contributed by atoms with van der Waals surface area (Å²) in [6.45, 7) is 9.92. The number of hydrogen-bond acceptors (Lipinski definition) is 4. The Morgan fingerprint density at radius 2 is 2.00 bits per heavy atom. The average molecular weight is 270 g/mol. The Hall–Kier alpha value is -0.610. The number of ether oxygens (including phenoxy) is 1. The number of methoxy groups -OCH3 is 1. The normalized spacial score (nSPS) is 21.1. The topological polar surface area (TPSA) is 41.6 Å². The molecule has 2 atom stereocenters. The molecule has 19 heavy (non-hydrogen) atoms. The van der Waals surface area contributed by atoms with Gasteiger partial charge in [0.25, 0.3) is 0 Å². The fourth-order valence-corrected chi connectivity index (χ4v) is 2.72. The Kier molecular flexibility index (Phi) is 7.39. The molecule has 0 spiro atoms. The molecular formula is C15H30N2O2. The largest absolute Gasteiger partial charge is 0.468 e. The highest BCUT2D eigenvalue weighted by Gasteiger charge is 2.29. The maximum absolute atomic E-state index is 11.9. The molecule has 0 amide bonds. The zero-order valence-corrected chi connectivity index (χ0v) is 12.9. The monoisotopic (exact) mass is 270 g/mol. The smallest absolute Gasteiger partial charge is 0.323 e. The lowest BCUT2D eigenvalue weighted by Gasteiger charge is -2.35. The molecule has 0 aromatic heterocycles. The van der Waals surface area contributed by atoms with Crippen LogP contribution in [-0.4, -0.2) is 49.7 Å². The van der Waals surface area contributed by atoms with E-state index >= 15 is 0 Å². The molecule has 1 rings (SSSR count). The third-order valence-electron chi connectivity index (χ3n) is 4.21. The predicted molar refractivity (Wildman–Crippen MR) is 78.1 cm³/mol. The van der Waals surface area contributed by atoms with Gasteiger partial charge in [0.2, 0.25) is 0 Å². The lowest BCUT2D eigenvalue weighted by atomic mass is 9.96. The molecule has 4 nitrogen and oxygen atoms in total. The molecule has 0 bridgehead atoms. The minimum atomic E-state index is -0.155. The van der Waals surface area contributed by atoms with Gasteiger partial charge in [0, 0.05) is 6.04 Å². The van der Waals surface area contributed by atoms with Crippen LogP contribution in [0.4, 0.5) is 0 Å². The van der Waals surface area contributed by atoms with E-state index in [1.807, 2.05) is 0 Å². The number of hydrogen-bond donors (Lipinski definition) is 1. The quantitative estimate of drug-likeness (QED) is 0.719. The molecule has 4 heteroatoms. The van der Waals surface area contributed by atoms with Crippen LogP contribution in [0.1, 0.15) is 46.5 Å². The van der Waals surface area contributed by atoms with E-state index in [0.29, 0.717) is 12.0 Å². The van der Waals surface area contributed by atoms with Crippen LogP contribution in [0.5, 0.6) is 0 Å². The Balaban J connectivity index is 2.45. The van der Waals surface area contributed by atoms with Crippen molar-refractivity contribution in [3.8, 4) is 0 Å². The molecule has 0 radical (unpaired) electrons. The van der Waals surface area contributed by atoms with E-state index in [1.54, 1.807) is 0 Å². The van der Waals surface area contributed by atoms with Crippen molar-refractivity contribution in [2.45, 2.75) is 58.5 Å². The molecule has 1 heterocycles. The van der Waals surface area contributed by atoms with E-state index in [-0.39, 0.29) is 12.0 Å². The van der Waals surface area contributed by atoms with Gasteiger partial charge in [-0.05, 0) is 44.8 Å². The molecule has 1 aliphatic rings. The van der Waals surface area contributed by atoms with Crippen LogP contribution in [0.15, 0.2) is 0 Å². The van der Waals surface area contributed by atoms with Crippen molar-refractivity contribution >= 4 is 5.97 Å². The standard InChI is InChI=1S/C15H30N2O2/c1-5-9-17-10-7-13(8-11-17)16-14(12(3)6-2)15(18)19-4/h12-14,16H,5-11H2,1-4H3. The lowest BCUT2D eigenvalue weighted by Crippen LogP contribution is -2.51. The van der Waals surface area contributed by atoms with Crippen molar-refractivity contribution in [2.75, 3.05) is 26.7 Å². The van der Waals surface area contributed by atoms with Crippen LogP contribution in [-0.2, 0) is 9.53 Å². The molecule has 1 saturated heterocycles. The fraction of sp³-hybridized carbons (Fsp3) is 0.933. The second-order valence-electron chi connectivity index (χ2n) is 5.67. The van der Waals surface area contributed by atoms with E-state index < -0.39 is 0 Å². The maximum atomic E-state index is 11.9. The van der Waals surface area contributed by atoms with Crippen molar-refractivity contribution in [1.82, 2.24) is 10.2 Å². The van der Waals surface area contributed by atoms with Crippen LogP contribution in [0.2, 0.25) is 0 Å². The summed E-state index contributed by atoms with van der Waals surface area (Å²) in [5.74, 6) is 0.200. The van der Waals surface area contributed by atoms with Gasteiger partial charge in [0.15, 0.2) is 0 Å².